The molecule has 100 heavy (non-hydrogen) atoms. The van der Waals surface area contributed by atoms with E-state index in [1.54, 1.807) is 90.1 Å². The van der Waals surface area contributed by atoms with E-state index in [0.29, 0.717) is 5.56 Å². The lowest BCUT2D eigenvalue weighted by Gasteiger charge is -2.33. The fourth-order valence-corrected chi connectivity index (χ4v) is 11.4. The third kappa shape index (κ3) is 23.2. The molecule has 0 aromatic heterocycles. The van der Waals surface area contributed by atoms with E-state index in [9.17, 15) is 58.5 Å². The zero-order valence-corrected chi connectivity index (χ0v) is 57.3. The summed E-state index contributed by atoms with van der Waals surface area (Å²) < 4.78 is 11.2. The Kier molecular flexibility index (Phi) is 30.6. The smallest absolute Gasteiger partial charge is 0.407 e. The highest BCUT2D eigenvalue weighted by atomic mass is 16.6. The van der Waals surface area contributed by atoms with Gasteiger partial charge in [0.15, 0.2) is 5.96 Å². The van der Waals surface area contributed by atoms with Crippen molar-refractivity contribution >= 4 is 71.3 Å². The summed E-state index contributed by atoms with van der Waals surface area (Å²) in [6.07, 6.45) is -5.59. The fourth-order valence-electron chi connectivity index (χ4n) is 11.4. The lowest BCUT2D eigenvalue weighted by atomic mass is 9.94. The van der Waals surface area contributed by atoms with Crippen LogP contribution in [0.15, 0.2) is 114 Å². The van der Waals surface area contributed by atoms with Crippen LogP contribution in [0, 0.1) is 17.8 Å². The molecule has 30 heteroatoms. The Morgan fingerprint density at radius 1 is 0.580 bits per heavy atom. The molecule has 0 radical (unpaired) electrons. The number of ether oxygens (including phenoxy) is 2. The van der Waals surface area contributed by atoms with Crippen LogP contribution in [0.5, 0.6) is 0 Å². The molecule has 0 bridgehead atoms. The highest BCUT2D eigenvalue weighted by Crippen LogP contribution is 2.44. The summed E-state index contributed by atoms with van der Waals surface area (Å²) in [5.41, 5.74) is 15.5. The van der Waals surface area contributed by atoms with Crippen LogP contribution < -0.4 is 70.0 Å². The largest absolute Gasteiger partial charge is 0.449 e. The molecule has 11 amide bonds. The summed E-state index contributed by atoms with van der Waals surface area (Å²) in [6, 6.07) is 16.2. The Balaban J connectivity index is 1.43. The van der Waals surface area contributed by atoms with Gasteiger partial charge in [-0.1, -0.05) is 157 Å². The number of hydrogen-bond donors (Lipinski definition) is 16. The van der Waals surface area contributed by atoms with Crippen molar-refractivity contribution in [2.75, 3.05) is 32.8 Å². The lowest BCUT2D eigenvalue weighted by molar-refractivity contribution is -0.138. The van der Waals surface area contributed by atoms with Gasteiger partial charge in [0, 0.05) is 19.0 Å². The second kappa shape index (κ2) is 38.8. The summed E-state index contributed by atoms with van der Waals surface area (Å²) >= 11 is 0. The molecule has 1 heterocycles. The Morgan fingerprint density at radius 2 is 1.11 bits per heavy atom. The summed E-state index contributed by atoms with van der Waals surface area (Å²) in [5, 5.41) is 61.9. The number of aliphatic hydroxyl groups excluding tert-OH is 3. The fraction of sp³-hybridized carbons (Fsp3) is 0.486. The van der Waals surface area contributed by atoms with Crippen molar-refractivity contribution in [1.29, 1.82) is 0 Å². The topological polar surface area (TPSA) is 464 Å². The predicted molar refractivity (Wildman–Crippen MR) is 368 cm³/mol. The van der Waals surface area contributed by atoms with Gasteiger partial charge in [0.1, 0.15) is 61.5 Å². The lowest BCUT2D eigenvalue weighted by Crippen LogP contribution is -2.64. The highest BCUT2D eigenvalue weighted by Gasteiger charge is 2.42. The van der Waals surface area contributed by atoms with Gasteiger partial charge in [-0.25, -0.2) is 9.59 Å². The molecular formula is C70H96N14O16. The first-order valence-electron chi connectivity index (χ1n) is 33.5. The second-order valence-electron chi connectivity index (χ2n) is 25.6. The zero-order chi connectivity index (χ0) is 73.2. The molecule has 1 saturated heterocycles. The maximum absolute atomic E-state index is 15.5. The van der Waals surface area contributed by atoms with Crippen LogP contribution in [0.25, 0.3) is 11.1 Å². The monoisotopic (exact) mass is 1390 g/mol. The van der Waals surface area contributed by atoms with Crippen molar-refractivity contribution in [3.8, 4) is 11.1 Å². The molecule has 1 aliphatic carbocycles. The van der Waals surface area contributed by atoms with E-state index < -0.39 is 163 Å². The van der Waals surface area contributed by atoms with Crippen molar-refractivity contribution in [1.82, 2.24) is 58.5 Å². The average Bonchev–Trinajstić information content (AvgIpc) is 1.60. The molecule has 2 aliphatic rings. The highest BCUT2D eigenvalue weighted by molar-refractivity contribution is 5.99. The second-order valence-corrected chi connectivity index (χ2v) is 25.6. The van der Waals surface area contributed by atoms with Crippen LogP contribution in [0.3, 0.4) is 0 Å². The number of nitrogens with one attached hydrogen (secondary N) is 11. The molecule has 1 unspecified atom stereocenters. The van der Waals surface area contributed by atoms with E-state index in [2.05, 4.69) is 63.5 Å². The van der Waals surface area contributed by atoms with Crippen molar-refractivity contribution < 1.29 is 77.5 Å². The van der Waals surface area contributed by atoms with Crippen LogP contribution in [0.4, 0.5) is 9.59 Å². The molecule has 4 aromatic rings. The van der Waals surface area contributed by atoms with E-state index >= 15 is 9.59 Å². The molecule has 6 rings (SSSR count). The van der Waals surface area contributed by atoms with Gasteiger partial charge in [-0.05, 0) is 90.2 Å². The molecule has 1 aliphatic heterocycles. The van der Waals surface area contributed by atoms with Gasteiger partial charge in [0.05, 0.1) is 31.4 Å². The maximum Gasteiger partial charge on any atom is 0.407 e. The molecule has 0 saturated carbocycles. The number of guanidine groups is 1. The van der Waals surface area contributed by atoms with E-state index in [4.69, 9.17) is 20.9 Å². The van der Waals surface area contributed by atoms with E-state index in [0.717, 1.165) is 22.3 Å². The third-order valence-corrected chi connectivity index (χ3v) is 17.1. The molecule has 1 fully saturated rings. The summed E-state index contributed by atoms with van der Waals surface area (Å²) in [5.74, 6) is -12.1. The van der Waals surface area contributed by atoms with Crippen molar-refractivity contribution in [2.24, 2.45) is 34.2 Å². The third-order valence-electron chi connectivity index (χ3n) is 17.1. The molecule has 0 spiro atoms. The standard InChI is InChI=1S/C70H96N14O16/c1-8-40(6)54-65(94)81-55(41(7)86)64(93)75-34-53(87)76-49(29-20-32-74-69(97)99-36-42-21-11-9-12-22-42)60(89)79-52(35-85)63(92)82-56(43-23-13-10-14-24-43)57(84-70(98)100-37-48-46-27-17-15-25-44(46)45-26-16-18-28-47(45)48)66(95)83-58(59(88)39(4)5)67(96)78-51(33-38(2)3)62(91)77-50(61(90)80-54)30-19-31-73-68(71)72/h9-18,21-28,38-41,48-52,54-59,85-86,88H,8,19-20,29-37H2,1-7H3,(H,74,97)(H,75,93)(H,76,87)(H,77,91)(H,78,96)(H,79,89)(H,80,90)(H,81,94)(H,82,92)(H,83,95)(H,84,98)(H4,71,72,73)/t40-,41-,49-,50+,51-,52?,54-,55-,56+,57-,58-,59+/m0/s1. The van der Waals surface area contributed by atoms with Gasteiger partial charge >= 0.3 is 12.2 Å². The minimum absolute atomic E-state index is 0.0195. The number of nitrogens with two attached hydrogens (primary N) is 2. The minimum atomic E-state index is -2.00. The first-order valence-corrected chi connectivity index (χ1v) is 33.5. The zero-order valence-electron chi connectivity index (χ0n) is 57.3. The number of hydrogen-bond acceptors (Lipinski definition) is 17. The summed E-state index contributed by atoms with van der Waals surface area (Å²) in [6.45, 7) is 8.60. The van der Waals surface area contributed by atoms with Gasteiger partial charge in [-0.3, -0.25) is 48.1 Å². The van der Waals surface area contributed by atoms with Gasteiger partial charge in [0.25, 0.3) is 0 Å². The first kappa shape index (κ1) is 78.8. The number of carbonyl (C=O) groups excluding carboxylic acids is 11. The number of rotatable bonds is 22. The molecule has 4 aromatic carbocycles. The summed E-state index contributed by atoms with van der Waals surface area (Å²) in [4.78, 5) is 163. The number of carbonyl (C=O) groups is 11. The van der Waals surface area contributed by atoms with E-state index in [-0.39, 0.29) is 82.3 Å². The van der Waals surface area contributed by atoms with Crippen molar-refractivity contribution in [2.45, 2.75) is 166 Å². The Bertz CT molecular complexity index is 3440. The Hall–Kier alpha value is -10.2. The molecule has 18 N–H and O–H groups in total. The number of fused-ring (bicyclic) bond motifs is 3. The van der Waals surface area contributed by atoms with Crippen molar-refractivity contribution in [3.05, 3.63) is 131 Å². The van der Waals surface area contributed by atoms with Crippen LogP contribution in [-0.2, 0) is 59.2 Å². The maximum atomic E-state index is 15.5. The van der Waals surface area contributed by atoms with Crippen molar-refractivity contribution in [3.63, 3.8) is 0 Å². The molecule has 30 nitrogen and oxygen atoms in total. The number of nitrogens with zero attached hydrogens (tertiary/aromatic N) is 1. The number of amides is 11. The normalized spacial score (nSPS) is 22.7. The number of aliphatic hydroxyl groups is 3. The van der Waals surface area contributed by atoms with E-state index in [1.807, 2.05) is 48.5 Å². The average molecular weight is 1390 g/mol. The van der Waals surface area contributed by atoms with Crippen LogP contribution in [0.1, 0.15) is 121 Å². The number of alkyl carbamates (subject to hydrolysis) is 2. The van der Waals surface area contributed by atoms with Crippen LogP contribution in [-0.4, -0.2) is 180 Å². The molecular weight excluding hydrogens is 1290 g/mol. The Morgan fingerprint density at radius 3 is 1.71 bits per heavy atom. The Labute approximate surface area is 580 Å². The molecule has 542 valence electrons. The van der Waals surface area contributed by atoms with Crippen LogP contribution in [0.2, 0.25) is 0 Å². The first-order chi connectivity index (χ1) is 47.7. The quantitative estimate of drug-likeness (QED) is 0.0290. The van der Waals surface area contributed by atoms with Crippen LogP contribution >= 0.6 is 0 Å². The van der Waals surface area contributed by atoms with Gasteiger partial charge in [0.2, 0.25) is 53.2 Å². The SMILES string of the molecule is CC[C@H](C)[C@@H]1NC(=O)[C@@H](CCCN=C(N)N)NC(=O)[C@H](CC(C)C)NC(=O)[C@H]([C@H](O)C(C)C)NC(=O)[C@@H](NC(=O)OCC2c3ccccc3-c3ccccc32)[C@@H](c2ccccc2)NC(=O)C(CO)NC(=O)[C@H](CCCNC(=O)OCc2ccccc2)NC(=O)CNC(=O)[C@H]([C@H](C)O)NC1=O. The summed E-state index contributed by atoms with van der Waals surface area (Å²) in [7, 11) is 0. The minimum Gasteiger partial charge on any atom is -0.449 e. The van der Waals surface area contributed by atoms with E-state index in [1.165, 1.54) is 19.1 Å². The van der Waals surface area contributed by atoms with Gasteiger partial charge in [-0.15, -0.1) is 0 Å². The van der Waals surface area contributed by atoms with Gasteiger partial charge in [-0.2, -0.15) is 0 Å². The number of aliphatic imine (C=N–C) groups is 1. The predicted octanol–water partition coefficient (Wildman–Crippen LogP) is 0.517. The van der Waals surface area contributed by atoms with Gasteiger partial charge < -0.3 is 94.7 Å². The molecule has 12 atom stereocenters. The number of benzene rings is 4.